The molecule has 2 aliphatic carbocycles. The summed E-state index contributed by atoms with van der Waals surface area (Å²) in [6, 6.07) is 115. The summed E-state index contributed by atoms with van der Waals surface area (Å²) in [7, 11) is 0. The number of benzene rings is 16. The van der Waals surface area contributed by atoms with Crippen LogP contribution in [0.15, 0.2) is 315 Å². The fourth-order valence-electron chi connectivity index (χ4n) is 17.3. The number of rotatable bonds is 13. The first-order valence-corrected chi connectivity index (χ1v) is 36.3. The molecule has 518 valence electrons. The first kappa shape index (κ1) is 67.6. The Bertz CT molecular complexity index is 5900. The fourth-order valence-corrected chi connectivity index (χ4v) is 17.3. The molecule has 0 aromatic heterocycles. The van der Waals surface area contributed by atoms with Gasteiger partial charge >= 0.3 is 0 Å². The van der Waals surface area contributed by atoms with Crippen LogP contribution in [0.1, 0.15) is 58.4 Å². The van der Waals surface area contributed by atoms with Crippen LogP contribution in [0.3, 0.4) is 0 Å². The Hall–Kier alpha value is -16.3. The van der Waals surface area contributed by atoms with E-state index in [1.54, 1.807) is 0 Å². The number of nitrogens with zero attached hydrogens (tertiary/aromatic N) is 12. The van der Waals surface area contributed by atoms with E-state index in [9.17, 15) is 21.0 Å². The maximum atomic E-state index is 10.4. The van der Waals surface area contributed by atoms with Gasteiger partial charge in [0.25, 0.3) is 0 Å². The van der Waals surface area contributed by atoms with Crippen molar-refractivity contribution in [2.24, 2.45) is 0 Å². The molecular formula is C100H58N12. The van der Waals surface area contributed by atoms with Crippen LogP contribution in [0, 0.1) is 71.6 Å². The lowest BCUT2D eigenvalue weighted by molar-refractivity contribution is 0.377. The van der Waals surface area contributed by atoms with Gasteiger partial charge < -0.3 is 19.6 Å². The summed E-state index contributed by atoms with van der Waals surface area (Å²) < 4.78 is 0. The van der Waals surface area contributed by atoms with Crippen molar-refractivity contribution in [2.75, 3.05) is 19.6 Å². The molecule has 12 heteroatoms. The molecule has 0 bridgehead atoms. The highest BCUT2D eigenvalue weighted by Gasteiger charge is 2.60. The first-order valence-electron chi connectivity index (χ1n) is 36.3. The van der Waals surface area contributed by atoms with Gasteiger partial charge in [0.2, 0.25) is 0 Å². The minimum Gasteiger partial charge on any atom is -0.310 e. The monoisotopic (exact) mass is 1430 g/mol. The number of hydrogen-bond donors (Lipinski definition) is 0. The van der Waals surface area contributed by atoms with Crippen molar-refractivity contribution in [2.45, 2.75) is 24.7 Å². The van der Waals surface area contributed by atoms with Gasteiger partial charge in [0, 0.05) is 77.9 Å². The predicted octanol–water partition coefficient (Wildman–Crippen LogP) is 27.1. The summed E-state index contributed by atoms with van der Waals surface area (Å²) in [5, 5.41) is 49.1. The molecular weight excluding hydrogens is 1370 g/mol. The highest BCUT2D eigenvalue weighted by Crippen LogP contribution is 2.71. The van der Waals surface area contributed by atoms with Gasteiger partial charge in [0.15, 0.2) is 22.7 Å². The Labute approximate surface area is 647 Å². The smallest absolute Gasteiger partial charge is 0.187 e. The van der Waals surface area contributed by atoms with Crippen LogP contribution < -0.4 is 19.6 Å². The predicted molar refractivity (Wildman–Crippen MR) is 449 cm³/mol. The molecule has 0 saturated heterocycles. The van der Waals surface area contributed by atoms with Gasteiger partial charge in [-0.25, -0.2) is 19.4 Å². The van der Waals surface area contributed by atoms with Crippen molar-refractivity contribution < 1.29 is 0 Å². The van der Waals surface area contributed by atoms with E-state index in [-0.39, 0.29) is 0 Å². The lowest BCUT2D eigenvalue weighted by Gasteiger charge is -2.46. The fraction of sp³-hybridized carbons (Fsp3) is 0.0400. The van der Waals surface area contributed by atoms with Crippen LogP contribution in [0.25, 0.3) is 84.7 Å². The molecule has 0 N–H and O–H groups in total. The van der Waals surface area contributed by atoms with Crippen LogP contribution in [0.2, 0.25) is 0 Å². The average molecular weight is 1430 g/mol. The van der Waals surface area contributed by atoms with Crippen molar-refractivity contribution in [1.29, 1.82) is 21.0 Å². The van der Waals surface area contributed by atoms with Crippen LogP contribution in [0.5, 0.6) is 0 Å². The quantitative estimate of drug-likeness (QED) is 0.105. The van der Waals surface area contributed by atoms with Crippen molar-refractivity contribution in [3.05, 3.63) is 406 Å². The Morgan fingerprint density at radius 2 is 0.393 bits per heavy atom. The van der Waals surface area contributed by atoms with Crippen LogP contribution in [-0.2, 0) is 10.8 Å². The van der Waals surface area contributed by atoms with Crippen LogP contribution >= 0.6 is 0 Å². The topological polar surface area (TPSA) is 126 Å². The molecule has 112 heavy (non-hydrogen) atoms. The molecule has 0 radical (unpaired) electrons. The molecule has 18 rings (SSSR count). The highest BCUT2D eigenvalue weighted by atomic mass is 15.2. The molecule has 12 nitrogen and oxygen atoms in total. The van der Waals surface area contributed by atoms with Crippen LogP contribution in [-0.4, -0.2) is 0 Å². The number of anilines is 12. The molecule has 0 fully saturated rings. The molecule has 0 aliphatic heterocycles. The molecule has 16 aromatic carbocycles. The van der Waals surface area contributed by atoms with Gasteiger partial charge in [0.05, 0.1) is 95.6 Å². The second-order valence-electron chi connectivity index (χ2n) is 28.2. The van der Waals surface area contributed by atoms with E-state index in [0.717, 1.165) is 156 Å². The summed E-state index contributed by atoms with van der Waals surface area (Å²) >= 11 is 0. The van der Waals surface area contributed by atoms with Gasteiger partial charge in [-0.15, -0.1) is 0 Å². The Morgan fingerprint density at radius 3 is 0.554 bits per heavy atom. The van der Waals surface area contributed by atoms with Gasteiger partial charge in [0.1, 0.15) is 0 Å². The van der Waals surface area contributed by atoms with Crippen molar-refractivity contribution in [3.8, 4) is 46.5 Å². The van der Waals surface area contributed by atoms with Gasteiger partial charge in [-0.05, 0) is 236 Å². The van der Waals surface area contributed by atoms with Gasteiger partial charge in [-0.3, -0.25) is 0 Å². The minimum absolute atomic E-state index is 0.479. The van der Waals surface area contributed by atoms with E-state index in [1.165, 1.54) is 0 Å². The molecule has 0 amide bonds. The van der Waals surface area contributed by atoms with E-state index < -0.39 is 10.8 Å². The van der Waals surface area contributed by atoms with E-state index in [0.29, 0.717) is 45.0 Å². The molecule has 0 spiro atoms. The molecule has 0 unspecified atom stereocenters. The summed E-state index contributed by atoms with van der Waals surface area (Å²) in [6.45, 7) is 37.4. The summed E-state index contributed by atoms with van der Waals surface area (Å²) in [5.74, 6) is 0. The summed E-state index contributed by atoms with van der Waals surface area (Å²) in [4.78, 5) is 24.4. The summed E-state index contributed by atoms with van der Waals surface area (Å²) in [5.41, 5.74) is 19.1. The third kappa shape index (κ3) is 10.5. The maximum Gasteiger partial charge on any atom is 0.187 e. The Kier molecular flexibility index (Phi) is 16.2. The van der Waals surface area contributed by atoms with Gasteiger partial charge in [-0.2, -0.15) is 21.0 Å². The number of fused-ring (bicyclic) bond motifs is 14. The Balaban J connectivity index is 1.06. The third-order valence-electron chi connectivity index (χ3n) is 22.7. The Morgan fingerprint density at radius 1 is 0.232 bits per heavy atom. The van der Waals surface area contributed by atoms with Crippen molar-refractivity contribution in [3.63, 3.8) is 0 Å². The normalized spacial score (nSPS) is 12.3. The lowest BCUT2D eigenvalue weighted by atomic mass is 9.56. The number of nitriles is 4. The van der Waals surface area contributed by atoms with E-state index in [2.05, 4.69) is 198 Å². The zero-order valence-corrected chi connectivity index (χ0v) is 60.4. The number of hydrogen-bond acceptors (Lipinski definition) is 8. The second-order valence-corrected chi connectivity index (χ2v) is 28.2. The minimum atomic E-state index is -1.23. The zero-order valence-electron chi connectivity index (χ0n) is 60.4. The van der Waals surface area contributed by atoms with Gasteiger partial charge in [-0.1, -0.05) is 159 Å². The molecule has 0 saturated carbocycles. The first-order chi connectivity index (χ1) is 54.9. The molecule has 0 atom stereocenters. The largest absolute Gasteiger partial charge is 0.310 e. The third-order valence-corrected chi connectivity index (χ3v) is 22.7. The average Bonchev–Trinajstić information content (AvgIpc) is 1.48. The van der Waals surface area contributed by atoms with Crippen molar-refractivity contribution >= 4 is 134 Å². The highest BCUT2D eigenvalue weighted by molar-refractivity contribution is 6.21. The SMILES string of the molecule is [C-]#[N+]c1ccc(N(c2ccc(C#N)cc2)c2cc3c(c4ccccc24)-c2c(cc(N(c4ccc(C#N)cc4)c4ccc([N+]#[C-])cc4)c4ccccc24)C3(C)C2(C)c3cc(N(c4ccc(C#N)cc4)c4ccc([N+]#[C-])cc4)c4ccccc4c3-c3c2cc(N(c2ccc(C#N)cc2)c2ccc([N+]#[C-])cc2)c2ccccc32)cc1. The van der Waals surface area contributed by atoms with Crippen molar-refractivity contribution in [1.82, 2.24) is 0 Å². The molecule has 0 heterocycles. The van der Waals surface area contributed by atoms with E-state index in [4.69, 9.17) is 26.3 Å². The zero-order chi connectivity index (χ0) is 76.5. The van der Waals surface area contributed by atoms with E-state index in [1.807, 2.05) is 194 Å². The maximum absolute atomic E-state index is 10.4. The standard InChI is InChI=1S/C100H58N12/c1-99(87-55-91(109(71-39-23-63(59-101)24-40-71)75-47-31-67(105-3)32-48-75)79-15-7-11-19-83(79)95(87)96-84-20-12-8-16-80(84)92(56-88(96)99)110(72-41-25-64(60-102)26-42-72)76-49-33-68(106-4)34-50-76)100(2)89-57-93(111(73-43-27-65(61-103)28-44-73)77-51-35-69(107-5)36-52-77)81-17-9-13-21-85(81)97(89)98-86-22-14-10-18-82(86)94(58-90(98)100)112(74-45-29-66(62-104)30-46-74)78-53-37-70(108-6)38-54-78/h7-58H,1-2H3. The lowest BCUT2D eigenvalue weighted by Crippen LogP contribution is -2.44. The van der Waals surface area contributed by atoms with E-state index >= 15 is 0 Å². The molecule has 16 aromatic rings. The second kappa shape index (κ2) is 26.9. The summed E-state index contributed by atoms with van der Waals surface area (Å²) in [6.07, 6.45) is 0. The van der Waals surface area contributed by atoms with Crippen LogP contribution in [0.4, 0.5) is 91.0 Å². The molecule has 2 aliphatic rings.